The number of rotatable bonds is 2. The molecule has 1 aliphatic rings. The molecule has 0 saturated carbocycles. The van der Waals surface area contributed by atoms with Gasteiger partial charge < -0.3 is 5.32 Å². The number of nitrogens with one attached hydrogen (secondary N) is 1. The Morgan fingerprint density at radius 2 is 2.15 bits per heavy atom. The van der Waals surface area contributed by atoms with Crippen LogP contribution in [0.3, 0.4) is 0 Å². The summed E-state index contributed by atoms with van der Waals surface area (Å²) >= 11 is 0. The third-order valence-corrected chi connectivity index (χ3v) is 3.17. The number of allylic oxidation sites excluding steroid dienone is 2. The van der Waals surface area contributed by atoms with Crippen LogP contribution in [0.2, 0.25) is 0 Å². The van der Waals surface area contributed by atoms with E-state index in [1.807, 2.05) is 0 Å². The van der Waals surface area contributed by atoms with Crippen LogP contribution in [0.15, 0.2) is 23.3 Å². The molecule has 1 rings (SSSR count). The van der Waals surface area contributed by atoms with E-state index in [2.05, 4.69) is 45.3 Å². The molecular formula is C12H21N. The standard InChI is InChI=1S/C12H21N/c1-5-7-11-10(2)8-6-9-12(11,3)13-4/h5,7,13H,6,8-9H2,1-4H3/b7-5-. The fourth-order valence-electron chi connectivity index (χ4n) is 2.20. The summed E-state index contributed by atoms with van der Waals surface area (Å²) in [6.07, 6.45) is 8.21. The average Bonchev–Trinajstić information content (AvgIpc) is 2.12. The summed E-state index contributed by atoms with van der Waals surface area (Å²) in [5, 5.41) is 3.44. The van der Waals surface area contributed by atoms with Crippen molar-refractivity contribution in [3.8, 4) is 0 Å². The van der Waals surface area contributed by atoms with Gasteiger partial charge in [0.2, 0.25) is 0 Å². The van der Waals surface area contributed by atoms with Crippen molar-refractivity contribution in [3.05, 3.63) is 23.3 Å². The Hall–Kier alpha value is -0.560. The normalized spacial score (nSPS) is 30.2. The molecule has 0 saturated heterocycles. The van der Waals surface area contributed by atoms with Crippen LogP contribution in [0.25, 0.3) is 0 Å². The van der Waals surface area contributed by atoms with Gasteiger partial charge in [0, 0.05) is 5.54 Å². The first kappa shape index (κ1) is 10.5. The molecule has 0 aromatic heterocycles. The molecule has 0 amide bonds. The van der Waals surface area contributed by atoms with Crippen LogP contribution in [0.5, 0.6) is 0 Å². The molecule has 0 bridgehead atoms. The summed E-state index contributed by atoms with van der Waals surface area (Å²) in [5.41, 5.74) is 3.24. The van der Waals surface area contributed by atoms with Gasteiger partial charge in [0.1, 0.15) is 0 Å². The van der Waals surface area contributed by atoms with E-state index in [-0.39, 0.29) is 5.54 Å². The largest absolute Gasteiger partial charge is 0.311 e. The van der Waals surface area contributed by atoms with Gasteiger partial charge in [-0.05, 0) is 52.7 Å². The second-order valence-electron chi connectivity index (χ2n) is 4.13. The van der Waals surface area contributed by atoms with Crippen molar-refractivity contribution in [2.45, 2.75) is 45.6 Å². The van der Waals surface area contributed by atoms with Crippen molar-refractivity contribution in [2.24, 2.45) is 0 Å². The number of hydrogen-bond acceptors (Lipinski definition) is 1. The van der Waals surface area contributed by atoms with Gasteiger partial charge in [0.25, 0.3) is 0 Å². The quantitative estimate of drug-likeness (QED) is 0.687. The van der Waals surface area contributed by atoms with Crippen molar-refractivity contribution in [3.63, 3.8) is 0 Å². The summed E-state index contributed by atoms with van der Waals surface area (Å²) in [4.78, 5) is 0. The fraction of sp³-hybridized carbons (Fsp3) is 0.667. The Balaban J connectivity index is 3.03. The molecule has 1 atom stereocenters. The highest BCUT2D eigenvalue weighted by Crippen LogP contribution is 2.33. The van der Waals surface area contributed by atoms with Crippen LogP contribution >= 0.6 is 0 Å². The first-order valence-electron chi connectivity index (χ1n) is 5.16. The Morgan fingerprint density at radius 3 is 2.69 bits per heavy atom. The lowest BCUT2D eigenvalue weighted by Crippen LogP contribution is -2.43. The van der Waals surface area contributed by atoms with E-state index in [0.717, 1.165) is 0 Å². The number of likely N-dealkylation sites (N-methyl/N-ethyl adjacent to an activating group) is 1. The van der Waals surface area contributed by atoms with Crippen LogP contribution in [0, 0.1) is 0 Å². The third-order valence-electron chi connectivity index (χ3n) is 3.17. The number of hydrogen-bond donors (Lipinski definition) is 1. The monoisotopic (exact) mass is 179 g/mol. The van der Waals surface area contributed by atoms with Gasteiger partial charge in [-0.25, -0.2) is 0 Å². The van der Waals surface area contributed by atoms with Crippen molar-refractivity contribution < 1.29 is 0 Å². The fourth-order valence-corrected chi connectivity index (χ4v) is 2.20. The van der Waals surface area contributed by atoms with E-state index in [9.17, 15) is 0 Å². The maximum atomic E-state index is 3.44. The molecule has 1 unspecified atom stereocenters. The van der Waals surface area contributed by atoms with Gasteiger partial charge in [0.05, 0.1) is 0 Å². The van der Waals surface area contributed by atoms with Gasteiger partial charge in [-0.3, -0.25) is 0 Å². The molecule has 1 heteroatoms. The van der Waals surface area contributed by atoms with Crippen LogP contribution in [-0.2, 0) is 0 Å². The Morgan fingerprint density at radius 1 is 1.46 bits per heavy atom. The minimum atomic E-state index is 0.203. The lowest BCUT2D eigenvalue weighted by molar-refractivity contribution is 0.390. The minimum Gasteiger partial charge on any atom is -0.311 e. The third kappa shape index (κ3) is 2.02. The molecule has 13 heavy (non-hydrogen) atoms. The molecule has 0 aromatic carbocycles. The molecule has 0 aromatic rings. The van der Waals surface area contributed by atoms with Gasteiger partial charge >= 0.3 is 0 Å². The molecule has 1 aliphatic carbocycles. The van der Waals surface area contributed by atoms with Crippen molar-refractivity contribution in [2.75, 3.05) is 7.05 Å². The summed E-state index contributed by atoms with van der Waals surface area (Å²) in [6.45, 7) is 6.64. The van der Waals surface area contributed by atoms with Crippen LogP contribution in [-0.4, -0.2) is 12.6 Å². The zero-order valence-electron chi connectivity index (χ0n) is 9.28. The maximum absolute atomic E-state index is 3.44. The second-order valence-corrected chi connectivity index (χ2v) is 4.13. The van der Waals surface area contributed by atoms with Gasteiger partial charge in [0.15, 0.2) is 0 Å². The molecule has 0 spiro atoms. The highest BCUT2D eigenvalue weighted by atomic mass is 14.9. The van der Waals surface area contributed by atoms with Crippen molar-refractivity contribution >= 4 is 0 Å². The van der Waals surface area contributed by atoms with Crippen molar-refractivity contribution in [1.82, 2.24) is 5.32 Å². The van der Waals surface area contributed by atoms with Gasteiger partial charge in [-0.15, -0.1) is 0 Å². The predicted molar refractivity (Wildman–Crippen MR) is 58.8 cm³/mol. The zero-order valence-corrected chi connectivity index (χ0v) is 9.28. The Labute approximate surface area is 81.9 Å². The topological polar surface area (TPSA) is 12.0 Å². The van der Waals surface area contributed by atoms with Crippen LogP contribution in [0.4, 0.5) is 0 Å². The summed E-state index contributed by atoms with van der Waals surface area (Å²) in [6, 6.07) is 0. The zero-order chi connectivity index (χ0) is 9.90. The second kappa shape index (κ2) is 4.10. The highest BCUT2D eigenvalue weighted by Gasteiger charge is 2.29. The summed E-state index contributed by atoms with van der Waals surface area (Å²) in [5.74, 6) is 0. The summed E-state index contributed by atoms with van der Waals surface area (Å²) in [7, 11) is 2.06. The minimum absolute atomic E-state index is 0.203. The van der Waals surface area contributed by atoms with Gasteiger partial charge in [-0.1, -0.05) is 17.7 Å². The SMILES string of the molecule is C/C=C\C1=C(C)CCCC1(C)NC. The molecule has 1 nitrogen and oxygen atoms in total. The predicted octanol–water partition coefficient (Wildman–Crippen LogP) is 3.04. The first-order chi connectivity index (χ1) is 6.14. The Kier molecular flexibility index (Phi) is 3.32. The lowest BCUT2D eigenvalue weighted by atomic mass is 9.78. The molecule has 1 N–H and O–H groups in total. The molecule has 0 heterocycles. The Bertz CT molecular complexity index is 238. The van der Waals surface area contributed by atoms with Crippen molar-refractivity contribution in [1.29, 1.82) is 0 Å². The highest BCUT2D eigenvalue weighted by molar-refractivity contribution is 5.36. The van der Waals surface area contributed by atoms with E-state index >= 15 is 0 Å². The maximum Gasteiger partial charge on any atom is 0.0403 e. The lowest BCUT2D eigenvalue weighted by Gasteiger charge is -2.36. The van der Waals surface area contributed by atoms with E-state index in [0.29, 0.717) is 0 Å². The molecule has 74 valence electrons. The van der Waals surface area contributed by atoms with Crippen LogP contribution < -0.4 is 5.32 Å². The molecule has 0 fully saturated rings. The molecule has 0 aliphatic heterocycles. The first-order valence-corrected chi connectivity index (χ1v) is 5.16. The molecule has 0 radical (unpaired) electrons. The van der Waals surface area contributed by atoms with Crippen LogP contribution in [0.1, 0.15) is 40.0 Å². The van der Waals surface area contributed by atoms with Gasteiger partial charge in [-0.2, -0.15) is 0 Å². The summed E-state index contributed by atoms with van der Waals surface area (Å²) < 4.78 is 0. The smallest absolute Gasteiger partial charge is 0.0403 e. The average molecular weight is 179 g/mol. The van der Waals surface area contributed by atoms with E-state index < -0.39 is 0 Å². The van der Waals surface area contributed by atoms with E-state index in [1.54, 1.807) is 5.57 Å². The van der Waals surface area contributed by atoms with E-state index in [4.69, 9.17) is 0 Å². The van der Waals surface area contributed by atoms with E-state index in [1.165, 1.54) is 24.8 Å². The molecular weight excluding hydrogens is 158 g/mol.